The number of carboxylic acid groups (broad SMARTS) is 1. The molecule has 5 rings (SSSR count). The molecule has 1 aliphatic heterocycles. The molecule has 43 heavy (non-hydrogen) atoms. The van der Waals surface area contributed by atoms with Crippen molar-refractivity contribution in [2.24, 2.45) is 5.92 Å². The van der Waals surface area contributed by atoms with E-state index in [1.165, 1.54) is 10.5 Å². The van der Waals surface area contributed by atoms with Crippen LogP contribution in [0.2, 0.25) is 0 Å². The van der Waals surface area contributed by atoms with E-state index in [0.29, 0.717) is 12.8 Å². The Morgan fingerprint density at radius 1 is 0.953 bits per heavy atom. The molecule has 9 nitrogen and oxygen atoms in total. The average Bonchev–Trinajstić information content (AvgIpc) is 3.31. The summed E-state index contributed by atoms with van der Waals surface area (Å²) in [6, 6.07) is 26.8. The van der Waals surface area contributed by atoms with Gasteiger partial charge < -0.3 is 14.8 Å². The summed E-state index contributed by atoms with van der Waals surface area (Å²) in [4.78, 5) is 46.1. The highest BCUT2D eigenvalue weighted by atomic mass is 16.6. The molecule has 0 bridgehead atoms. The van der Waals surface area contributed by atoms with Crippen LogP contribution in [-0.2, 0) is 17.7 Å². The summed E-state index contributed by atoms with van der Waals surface area (Å²) >= 11 is 0. The van der Waals surface area contributed by atoms with Crippen molar-refractivity contribution in [2.45, 2.75) is 70.8 Å². The van der Waals surface area contributed by atoms with Crippen molar-refractivity contribution < 1.29 is 19.4 Å². The molecule has 1 aromatic heterocycles. The largest absolute Gasteiger partial charge is 0.465 e. The van der Waals surface area contributed by atoms with Crippen LogP contribution in [0.1, 0.15) is 57.2 Å². The highest BCUT2D eigenvalue weighted by molar-refractivity contribution is 5.75. The number of para-hydroxylation sites is 2. The summed E-state index contributed by atoms with van der Waals surface area (Å²) in [6.07, 6.45) is 0.0131. The fourth-order valence-corrected chi connectivity index (χ4v) is 6.27. The van der Waals surface area contributed by atoms with Gasteiger partial charge in [0.2, 0.25) is 0 Å². The number of likely N-dealkylation sites (tertiary alicyclic amines) is 1. The lowest BCUT2D eigenvalue weighted by Gasteiger charge is -2.49. The third kappa shape index (κ3) is 6.93. The molecule has 3 aromatic carbocycles. The minimum atomic E-state index is -1.11. The zero-order chi connectivity index (χ0) is 30.6. The minimum Gasteiger partial charge on any atom is -0.465 e. The molecule has 0 radical (unpaired) electrons. The van der Waals surface area contributed by atoms with E-state index >= 15 is 0 Å². The van der Waals surface area contributed by atoms with Gasteiger partial charge in [-0.3, -0.25) is 14.4 Å². The second kappa shape index (κ2) is 12.8. The molecule has 1 fully saturated rings. The molecule has 3 atom stereocenters. The van der Waals surface area contributed by atoms with E-state index in [0.717, 1.165) is 29.4 Å². The lowest BCUT2D eigenvalue weighted by Crippen LogP contribution is -2.61. The summed E-state index contributed by atoms with van der Waals surface area (Å²) in [5, 5.41) is 10.5. The third-order valence-electron chi connectivity index (χ3n) is 8.05. The van der Waals surface area contributed by atoms with E-state index < -0.39 is 24.0 Å². The van der Waals surface area contributed by atoms with Gasteiger partial charge in [0.05, 0.1) is 17.6 Å². The van der Waals surface area contributed by atoms with Gasteiger partial charge in [0.15, 0.2) is 0 Å². The summed E-state index contributed by atoms with van der Waals surface area (Å²) in [7, 11) is 0. The number of ether oxygens (including phenoxy) is 1. The van der Waals surface area contributed by atoms with Gasteiger partial charge in [0.1, 0.15) is 11.8 Å². The van der Waals surface area contributed by atoms with E-state index in [1.807, 2.05) is 72.8 Å². The van der Waals surface area contributed by atoms with Crippen LogP contribution in [0.5, 0.6) is 0 Å². The Balaban J connectivity index is 1.61. The van der Waals surface area contributed by atoms with Gasteiger partial charge in [-0.05, 0) is 69.7 Å². The number of imidazole rings is 1. The van der Waals surface area contributed by atoms with E-state index in [9.17, 15) is 19.5 Å². The number of nitrogens with zero attached hydrogens (tertiary/aromatic N) is 3. The normalized spacial score (nSPS) is 18.9. The summed E-state index contributed by atoms with van der Waals surface area (Å²) < 4.78 is 7.66. The van der Waals surface area contributed by atoms with Crippen molar-refractivity contribution in [2.75, 3.05) is 6.54 Å². The fourth-order valence-electron chi connectivity index (χ4n) is 6.27. The number of piperidine rings is 1. The molecule has 2 heterocycles. The van der Waals surface area contributed by atoms with Crippen LogP contribution < -0.4 is 5.69 Å². The van der Waals surface area contributed by atoms with Gasteiger partial charge in [-0.25, -0.2) is 14.4 Å². The van der Waals surface area contributed by atoms with Crippen molar-refractivity contribution in [3.8, 4) is 0 Å². The van der Waals surface area contributed by atoms with Crippen LogP contribution in [-0.4, -0.2) is 55.0 Å². The van der Waals surface area contributed by atoms with Gasteiger partial charge in [-0.15, -0.1) is 0 Å². The molecule has 0 saturated carbocycles. The van der Waals surface area contributed by atoms with Gasteiger partial charge in [0.25, 0.3) is 0 Å². The first-order valence-electron chi connectivity index (χ1n) is 14.9. The number of carbonyl (C=O) groups is 2. The van der Waals surface area contributed by atoms with Crippen LogP contribution in [0.4, 0.5) is 9.59 Å². The number of fused-ring (bicyclic) bond motifs is 1. The molecule has 2 unspecified atom stereocenters. The Hall–Kier alpha value is -4.53. The summed E-state index contributed by atoms with van der Waals surface area (Å²) in [5.41, 5.74) is 2.49. The van der Waals surface area contributed by atoms with Crippen LogP contribution in [0.25, 0.3) is 11.0 Å². The topological polar surface area (TPSA) is 108 Å². The highest BCUT2D eigenvalue weighted by Gasteiger charge is 2.47. The number of rotatable bonds is 8. The Labute approximate surface area is 251 Å². The number of aromatic nitrogens is 2. The molecule has 0 aliphatic carbocycles. The maximum absolute atomic E-state index is 14.0. The van der Waals surface area contributed by atoms with Crippen LogP contribution in [0.3, 0.4) is 0 Å². The smallest absolute Gasteiger partial charge is 0.412 e. The molecule has 226 valence electrons. The summed E-state index contributed by atoms with van der Waals surface area (Å²) in [5.74, 6) is -0.387. The Morgan fingerprint density at radius 3 is 2.23 bits per heavy atom. The van der Waals surface area contributed by atoms with E-state index in [1.54, 1.807) is 30.2 Å². The second-order valence-corrected chi connectivity index (χ2v) is 12.2. The first-order valence-corrected chi connectivity index (χ1v) is 14.9. The van der Waals surface area contributed by atoms with Gasteiger partial charge >= 0.3 is 17.9 Å². The number of aromatic amines is 1. The quantitative estimate of drug-likeness (QED) is 0.241. The molecule has 2 amide bonds. The Kier molecular flexibility index (Phi) is 8.89. The number of carbonyl (C=O) groups excluding carboxylic acids is 1. The monoisotopic (exact) mass is 584 g/mol. The van der Waals surface area contributed by atoms with Gasteiger partial charge in [0, 0.05) is 18.5 Å². The van der Waals surface area contributed by atoms with E-state index in [2.05, 4.69) is 17.1 Å². The lowest BCUT2D eigenvalue weighted by atomic mass is 9.83. The number of H-pyrrole nitrogens is 1. The zero-order valence-electron chi connectivity index (χ0n) is 25.0. The molecular weight excluding hydrogens is 544 g/mol. The van der Waals surface area contributed by atoms with Crippen LogP contribution in [0, 0.1) is 5.92 Å². The first kappa shape index (κ1) is 29.9. The highest BCUT2D eigenvalue weighted by Crippen LogP contribution is 2.40. The molecule has 1 aliphatic rings. The third-order valence-corrected chi connectivity index (χ3v) is 8.05. The molecule has 1 saturated heterocycles. The van der Waals surface area contributed by atoms with Crippen molar-refractivity contribution in [1.29, 1.82) is 0 Å². The zero-order valence-corrected chi connectivity index (χ0v) is 25.0. The number of aryl methyl sites for hydroxylation is 1. The standard InChI is InChI=1S/C34H40N4O5/c1-34(2,3)43-33(42)37(23-25-15-8-5-9-16-25)30-26(18-12-17-24-13-6-4-7-14-24)28(21-22-36(30)32(40)41)38-29-20-11-10-19-27(29)35-31(38)39/h4-11,13-16,19-20,26,28,30H,12,17-18,21-23H2,1-3H3,(H,35,39)(H,40,41)/t26?,28?,30-/m0/s1. The maximum atomic E-state index is 14.0. The number of nitrogens with one attached hydrogen (secondary N) is 1. The minimum absolute atomic E-state index is 0.162. The molecule has 4 aromatic rings. The summed E-state index contributed by atoms with van der Waals surface area (Å²) in [6.45, 7) is 5.72. The van der Waals surface area contributed by atoms with Crippen LogP contribution >= 0.6 is 0 Å². The average molecular weight is 585 g/mol. The molecule has 0 spiro atoms. The Bertz CT molecular complexity index is 1590. The van der Waals surface area contributed by atoms with Crippen molar-refractivity contribution in [3.05, 3.63) is 107 Å². The second-order valence-electron chi connectivity index (χ2n) is 12.2. The maximum Gasteiger partial charge on any atom is 0.412 e. The van der Waals surface area contributed by atoms with Crippen molar-refractivity contribution in [1.82, 2.24) is 19.4 Å². The number of hydrogen-bond donors (Lipinski definition) is 2. The van der Waals surface area contributed by atoms with Crippen LogP contribution in [0.15, 0.2) is 89.7 Å². The number of amides is 2. The molecular formula is C34H40N4O5. The molecule has 9 heteroatoms. The lowest BCUT2D eigenvalue weighted by molar-refractivity contribution is -0.0561. The van der Waals surface area contributed by atoms with E-state index in [4.69, 9.17) is 4.74 Å². The predicted octanol–water partition coefficient (Wildman–Crippen LogP) is 6.66. The SMILES string of the molecule is CC(C)(C)OC(=O)N(Cc1ccccc1)[C@H]1C(CCCc2ccccc2)C(n2c(=O)[nH]c3ccccc32)CCN1C(=O)O. The fraction of sp³-hybridized carbons (Fsp3) is 0.382. The number of benzene rings is 3. The van der Waals surface area contributed by atoms with Gasteiger partial charge in [-0.2, -0.15) is 0 Å². The van der Waals surface area contributed by atoms with Gasteiger partial charge in [-0.1, -0.05) is 72.8 Å². The predicted molar refractivity (Wildman–Crippen MR) is 166 cm³/mol. The Morgan fingerprint density at radius 2 is 1.58 bits per heavy atom. The molecule has 2 N–H and O–H groups in total. The first-order chi connectivity index (χ1) is 20.6. The van der Waals surface area contributed by atoms with E-state index in [-0.39, 0.29) is 30.7 Å². The van der Waals surface area contributed by atoms with Crippen molar-refractivity contribution >= 4 is 23.2 Å². The van der Waals surface area contributed by atoms with Crippen molar-refractivity contribution in [3.63, 3.8) is 0 Å². The number of hydrogen-bond acceptors (Lipinski definition) is 4.